The van der Waals surface area contributed by atoms with Crippen LogP contribution in [0.2, 0.25) is 0 Å². The molecule has 0 saturated heterocycles. The molecule has 6 rings (SSSR count). The summed E-state index contributed by atoms with van der Waals surface area (Å²) in [5, 5.41) is 0.966. The second-order valence-corrected chi connectivity index (χ2v) is 13.7. The van der Waals surface area contributed by atoms with Gasteiger partial charge in [0, 0.05) is 29.1 Å². The maximum atomic E-state index is 13.8. The number of aromatic nitrogens is 1. The van der Waals surface area contributed by atoms with Crippen LogP contribution in [0.3, 0.4) is 0 Å². The van der Waals surface area contributed by atoms with Gasteiger partial charge < -0.3 is 9.47 Å². The molecular formula is C35H34N4O4S. The number of carbonyl (C=O) groups excluding carboxylic acids is 2. The Bertz CT molecular complexity index is 1990. The van der Waals surface area contributed by atoms with Gasteiger partial charge in [0.1, 0.15) is 6.54 Å². The van der Waals surface area contributed by atoms with E-state index in [1.807, 2.05) is 94.5 Å². The normalized spacial score (nSPS) is 15.0. The molecule has 44 heavy (non-hydrogen) atoms. The second-order valence-electron chi connectivity index (χ2n) is 12.1. The quantitative estimate of drug-likeness (QED) is 0.232. The van der Waals surface area contributed by atoms with Crippen molar-refractivity contribution >= 4 is 32.7 Å². The van der Waals surface area contributed by atoms with E-state index in [4.69, 9.17) is 0 Å². The van der Waals surface area contributed by atoms with Crippen molar-refractivity contribution in [3.8, 4) is 11.3 Å². The van der Waals surface area contributed by atoms with E-state index in [9.17, 15) is 18.0 Å². The number of nitrogens with zero attached hydrogens (tertiary/aromatic N) is 2. The zero-order valence-corrected chi connectivity index (χ0v) is 25.9. The Hall–Kier alpha value is -4.73. The molecule has 2 amide bonds. The summed E-state index contributed by atoms with van der Waals surface area (Å²) in [6.45, 7) is 5.77. The lowest BCUT2D eigenvalue weighted by molar-refractivity contribution is -0.122. The highest BCUT2D eigenvalue weighted by Crippen LogP contribution is 2.46. The van der Waals surface area contributed by atoms with Gasteiger partial charge in [0.15, 0.2) is 0 Å². The summed E-state index contributed by atoms with van der Waals surface area (Å²) in [7, 11) is -2.04. The van der Waals surface area contributed by atoms with Crippen molar-refractivity contribution in [2.45, 2.75) is 37.1 Å². The van der Waals surface area contributed by atoms with Gasteiger partial charge in [-0.3, -0.25) is 15.0 Å². The van der Waals surface area contributed by atoms with Crippen LogP contribution in [0.5, 0.6) is 0 Å². The highest BCUT2D eigenvalue weighted by Gasteiger charge is 2.41. The molecular weight excluding hydrogens is 572 g/mol. The molecule has 1 aromatic heterocycles. The first-order valence-corrected chi connectivity index (χ1v) is 15.9. The second kappa shape index (κ2) is 11.1. The number of rotatable bonds is 7. The van der Waals surface area contributed by atoms with Gasteiger partial charge in [0.05, 0.1) is 16.6 Å². The minimum atomic E-state index is -4.04. The summed E-state index contributed by atoms with van der Waals surface area (Å²) in [6, 6.07) is 31.3. The van der Waals surface area contributed by atoms with E-state index in [1.54, 1.807) is 24.3 Å². The van der Waals surface area contributed by atoms with Gasteiger partial charge >= 0.3 is 0 Å². The lowest BCUT2D eigenvalue weighted by atomic mass is 9.87. The summed E-state index contributed by atoms with van der Waals surface area (Å²) < 4.78 is 28.1. The van der Waals surface area contributed by atoms with Gasteiger partial charge in [0.2, 0.25) is 0 Å². The van der Waals surface area contributed by atoms with Crippen molar-refractivity contribution in [1.29, 1.82) is 0 Å². The first kappa shape index (κ1) is 29.3. The minimum absolute atomic E-state index is 0.0246. The molecule has 0 spiro atoms. The third-order valence-electron chi connectivity index (χ3n) is 8.19. The number of carbonyl (C=O) groups is 2. The molecule has 2 N–H and O–H groups in total. The van der Waals surface area contributed by atoms with Crippen LogP contribution in [0, 0.1) is 0 Å². The number of sulfonamides is 1. The number of aryl methyl sites for hydroxylation is 1. The number of para-hydroxylation sites is 1. The van der Waals surface area contributed by atoms with Crippen LogP contribution < -0.4 is 10.3 Å². The van der Waals surface area contributed by atoms with Crippen molar-refractivity contribution in [2.24, 2.45) is 7.05 Å². The molecule has 2 heterocycles. The molecule has 1 aliphatic heterocycles. The molecule has 1 atom stereocenters. The SMILES string of the molecule is Cn1c(-c2ccccc2)c(C2c3ccccc3C(=O)N2CC(=O)NNS(=O)(=O)c2ccc(C(C)(C)C)cc2)c2ccccc21. The largest absolute Gasteiger partial charge is 0.343 e. The first-order valence-electron chi connectivity index (χ1n) is 14.4. The Balaban J connectivity index is 1.34. The van der Waals surface area contributed by atoms with Crippen molar-refractivity contribution in [1.82, 2.24) is 19.7 Å². The maximum absolute atomic E-state index is 13.8. The minimum Gasteiger partial charge on any atom is -0.343 e. The molecule has 4 aromatic carbocycles. The third-order valence-corrected chi connectivity index (χ3v) is 9.46. The van der Waals surface area contributed by atoms with Crippen LogP contribution in [0.1, 0.15) is 53.9 Å². The number of hydrogen-bond donors (Lipinski definition) is 2. The molecule has 0 saturated carbocycles. The van der Waals surface area contributed by atoms with Gasteiger partial charge in [0.25, 0.3) is 21.8 Å². The number of fused-ring (bicyclic) bond motifs is 2. The summed E-state index contributed by atoms with van der Waals surface area (Å²) in [6.07, 6.45) is 0. The molecule has 9 heteroatoms. The molecule has 5 aromatic rings. The monoisotopic (exact) mass is 606 g/mol. The van der Waals surface area contributed by atoms with Crippen LogP contribution in [-0.4, -0.2) is 36.2 Å². The van der Waals surface area contributed by atoms with Gasteiger partial charge in [-0.2, -0.15) is 0 Å². The van der Waals surface area contributed by atoms with E-state index < -0.39 is 22.0 Å². The lowest BCUT2D eigenvalue weighted by Crippen LogP contribution is -2.47. The lowest BCUT2D eigenvalue weighted by Gasteiger charge is -2.26. The van der Waals surface area contributed by atoms with E-state index in [1.165, 1.54) is 17.0 Å². The first-order chi connectivity index (χ1) is 21.0. The van der Waals surface area contributed by atoms with Gasteiger partial charge in [-0.05, 0) is 46.4 Å². The molecule has 224 valence electrons. The standard InChI is InChI=1S/C35H34N4O4S/c1-35(2,3)24-18-20-25(21-19-24)44(42,43)37-36-30(40)22-39-33(26-14-8-9-15-27(26)34(39)41)31-28-16-10-11-17-29(28)38(4)32(31)23-12-6-5-7-13-23/h5-21,33,37H,22H2,1-4H3,(H,36,40). The molecule has 1 aliphatic rings. The smallest absolute Gasteiger partial charge is 0.257 e. The van der Waals surface area contributed by atoms with Crippen molar-refractivity contribution in [2.75, 3.05) is 6.54 Å². The van der Waals surface area contributed by atoms with Crippen LogP contribution in [0.15, 0.2) is 108 Å². The topological polar surface area (TPSA) is 101 Å². The van der Waals surface area contributed by atoms with Crippen LogP contribution in [0.25, 0.3) is 22.2 Å². The zero-order chi connectivity index (χ0) is 31.2. The molecule has 8 nitrogen and oxygen atoms in total. The highest BCUT2D eigenvalue weighted by atomic mass is 32.2. The predicted octanol–water partition coefficient (Wildman–Crippen LogP) is 5.70. The van der Waals surface area contributed by atoms with Crippen molar-refractivity contribution in [3.05, 3.63) is 125 Å². The third kappa shape index (κ3) is 5.18. The summed E-state index contributed by atoms with van der Waals surface area (Å²) in [5.74, 6) is -0.958. The van der Waals surface area contributed by atoms with E-state index in [-0.39, 0.29) is 22.8 Å². The van der Waals surface area contributed by atoms with Crippen molar-refractivity contribution < 1.29 is 18.0 Å². The maximum Gasteiger partial charge on any atom is 0.257 e. The predicted molar refractivity (Wildman–Crippen MR) is 171 cm³/mol. The number of amides is 2. The zero-order valence-electron chi connectivity index (χ0n) is 25.0. The number of benzene rings is 4. The van der Waals surface area contributed by atoms with E-state index in [2.05, 4.69) is 14.8 Å². The Labute approximate surface area is 257 Å². The average Bonchev–Trinajstić information content (AvgIpc) is 3.46. The average molecular weight is 607 g/mol. The van der Waals surface area contributed by atoms with Gasteiger partial charge in [-0.15, -0.1) is 4.83 Å². The molecule has 1 unspecified atom stereocenters. The Morgan fingerprint density at radius 1 is 0.841 bits per heavy atom. The fourth-order valence-corrected chi connectivity index (χ4v) is 6.86. The van der Waals surface area contributed by atoms with E-state index in [0.717, 1.165) is 38.9 Å². The highest BCUT2D eigenvalue weighted by molar-refractivity contribution is 7.89. The Kier molecular flexibility index (Phi) is 7.39. The fourth-order valence-electron chi connectivity index (χ4n) is 6.00. The summed E-state index contributed by atoms with van der Waals surface area (Å²) >= 11 is 0. The number of hydrogen-bond acceptors (Lipinski definition) is 4. The van der Waals surface area contributed by atoms with Gasteiger partial charge in [-0.1, -0.05) is 99.6 Å². The van der Waals surface area contributed by atoms with E-state index >= 15 is 0 Å². The summed E-state index contributed by atoms with van der Waals surface area (Å²) in [4.78, 5) is 30.9. The van der Waals surface area contributed by atoms with E-state index in [0.29, 0.717) is 5.56 Å². The van der Waals surface area contributed by atoms with Crippen molar-refractivity contribution in [3.63, 3.8) is 0 Å². The number of nitrogens with one attached hydrogen (secondary N) is 2. The summed E-state index contributed by atoms with van der Waals surface area (Å²) in [5.41, 5.74) is 8.29. The molecule has 0 bridgehead atoms. The van der Waals surface area contributed by atoms with Crippen LogP contribution in [-0.2, 0) is 27.3 Å². The molecule has 0 fully saturated rings. The fraction of sp³-hybridized carbons (Fsp3) is 0.200. The molecule has 0 aliphatic carbocycles. The Morgan fingerprint density at radius 2 is 1.48 bits per heavy atom. The number of hydrazine groups is 1. The van der Waals surface area contributed by atoms with Crippen LogP contribution in [0.4, 0.5) is 0 Å². The van der Waals surface area contributed by atoms with Crippen LogP contribution >= 0.6 is 0 Å². The van der Waals surface area contributed by atoms with Gasteiger partial charge in [-0.25, -0.2) is 8.42 Å². The Morgan fingerprint density at radius 3 is 2.18 bits per heavy atom. The molecule has 0 radical (unpaired) electrons.